The summed E-state index contributed by atoms with van der Waals surface area (Å²) in [7, 11) is 3.14. The van der Waals surface area contributed by atoms with Crippen LogP contribution in [0.25, 0.3) is 0 Å². The number of ether oxygens (including phenoxy) is 2. The van der Waals surface area contributed by atoms with Crippen molar-refractivity contribution in [2.75, 3.05) is 14.2 Å². The van der Waals surface area contributed by atoms with Gasteiger partial charge in [0.15, 0.2) is 0 Å². The van der Waals surface area contributed by atoms with E-state index in [1.807, 2.05) is 6.07 Å². The zero-order valence-corrected chi connectivity index (χ0v) is 12.9. The minimum Gasteiger partial charge on any atom is -0.497 e. The molecule has 23 heavy (non-hydrogen) atoms. The topological polar surface area (TPSA) is 30.5 Å². The summed E-state index contributed by atoms with van der Waals surface area (Å²) >= 11 is 0. The Morgan fingerprint density at radius 1 is 0.957 bits per heavy atom. The first-order chi connectivity index (χ1) is 10.9. The van der Waals surface area contributed by atoms with E-state index in [1.165, 1.54) is 6.07 Å². The molecule has 0 saturated heterocycles. The minimum atomic E-state index is -4.33. The van der Waals surface area contributed by atoms with Crippen LogP contribution in [-0.4, -0.2) is 14.2 Å². The number of benzene rings is 2. The van der Waals surface area contributed by atoms with Crippen LogP contribution in [0.3, 0.4) is 0 Å². The highest BCUT2D eigenvalue weighted by atomic mass is 19.4. The molecule has 0 aromatic heterocycles. The van der Waals surface area contributed by atoms with Gasteiger partial charge in [0.05, 0.1) is 19.8 Å². The van der Waals surface area contributed by atoms with Crippen LogP contribution in [0.15, 0.2) is 42.5 Å². The standard InChI is InChI=1S/C17H18F3NO2/c1-22-15-6-7-16(23-2)13(9-15)11-21-10-12-4-3-5-14(8-12)17(18,19)20/h3-9,21H,10-11H2,1-2H3. The second-order valence-electron chi connectivity index (χ2n) is 4.98. The van der Waals surface area contributed by atoms with Crippen LogP contribution in [0.1, 0.15) is 16.7 Å². The highest BCUT2D eigenvalue weighted by molar-refractivity contribution is 5.40. The van der Waals surface area contributed by atoms with Crippen LogP contribution < -0.4 is 14.8 Å². The fourth-order valence-electron chi connectivity index (χ4n) is 2.22. The molecule has 0 saturated carbocycles. The number of hydrogen-bond acceptors (Lipinski definition) is 3. The minimum absolute atomic E-state index is 0.324. The summed E-state index contributed by atoms with van der Waals surface area (Å²) in [6.45, 7) is 0.779. The number of methoxy groups -OCH3 is 2. The molecule has 0 spiro atoms. The molecule has 0 radical (unpaired) electrons. The van der Waals surface area contributed by atoms with E-state index in [4.69, 9.17) is 9.47 Å². The van der Waals surface area contributed by atoms with Crippen molar-refractivity contribution in [2.24, 2.45) is 0 Å². The first kappa shape index (κ1) is 17.1. The number of halogens is 3. The molecule has 2 aromatic carbocycles. The number of alkyl halides is 3. The SMILES string of the molecule is COc1ccc(OC)c(CNCc2cccc(C(F)(F)F)c2)c1. The average Bonchev–Trinajstić information content (AvgIpc) is 2.54. The molecule has 0 aliphatic heterocycles. The average molecular weight is 325 g/mol. The summed E-state index contributed by atoms with van der Waals surface area (Å²) in [4.78, 5) is 0. The summed E-state index contributed by atoms with van der Waals surface area (Å²) in [6.07, 6.45) is -4.33. The second kappa shape index (κ2) is 7.37. The van der Waals surface area contributed by atoms with Crippen LogP contribution in [0.4, 0.5) is 13.2 Å². The van der Waals surface area contributed by atoms with Gasteiger partial charge in [-0.1, -0.05) is 18.2 Å². The van der Waals surface area contributed by atoms with Gasteiger partial charge in [-0.2, -0.15) is 13.2 Å². The fourth-order valence-corrected chi connectivity index (χ4v) is 2.22. The Labute approximate surface area is 133 Å². The highest BCUT2D eigenvalue weighted by Crippen LogP contribution is 2.29. The Balaban J connectivity index is 2.03. The molecular weight excluding hydrogens is 307 g/mol. The smallest absolute Gasteiger partial charge is 0.416 e. The van der Waals surface area contributed by atoms with Gasteiger partial charge in [0, 0.05) is 18.7 Å². The van der Waals surface area contributed by atoms with Gasteiger partial charge in [-0.25, -0.2) is 0 Å². The molecule has 0 atom stereocenters. The fraction of sp³-hybridized carbons (Fsp3) is 0.294. The molecule has 0 fully saturated rings. The maximum Gasteiger partial charge on any atom is 0.416 e. The van der Waals surface area contributed by atoms with Crippen molar-refractivity contribution >= 4 is 0 Å². The molecule has 0 aliphatic carbocycles. The van der Waals surface area contributed by atoms with Gasteiger partial charge in [0.1, 0.15) is 11.5 Å². The van der Waals surface area contributed by atoms with Gasteiger partial charge < -0.3 is 14.8 Å². The van der Waals surface area contributed by atoms with E-state index in [0.29, 0.717) is 30.2 Å². The molecule has 0 heterocycles. The summed E-state index contributed by atoms with van der Waals surface area (Å²) in [6, 6.07) is 10.7. The molecule has 2 rings (SSSR count). The van der Waals surface area contributed by atoms with Crippen molar-refractivity contribution in [3.63, 3.8) is 0 Å². The lowest BCUT2D eigenvalue weighted by atomic mass is 10.1. The molecule has 124 valence electrons. The van der Waals surface area contributed by atoms with E-state index in [1.54, 1.807) is 32.4 Å². The normalized spacial score (nSPS) is 11.3. The zero-order valence-electron chi connectivity index (χ0n) is 12.9. The van der Waals surface area contributed by atoms with E-state index < -0.39 is 11.7 Å². The molecular formula is C17H18F3NO2. The Kier molecular flexibility index (Phi) is 5.50. The van der Waals surface area contributed by atoms with Gasteiger partial charge in [-0.3, -0.25) is 0 Å². The van der Waals surface area contributed by atoms with Gasteiger partial charge in [0.2, 0.25) is 0 Å². The lowest BCUT2D eigenvalue weighted by Gasteiger charge is -2.12. The van der Waals surface area contributed by atoms with Gasteiger partial charge in [-0.05, 0) is 29.8 Å². The summed E-state index contributed by atoms with van der Waals surface area (Å²) in [5, 5.41) is 3.12. The summed E-state index contributed by atoms with van der Waals surface area (Å²) in [5.41, 5.74) is 0.802. The van der Waals surface area contributed by atoms with E-state index in [0.717, 1.165) is 17.7 Å². The van der Waals surface area contributed by atoms with Crippen LogP contribution in [-0.2, 0) is 19.3 Å². The van der Waals surface area contributed by atoms with Crippen molar-refractivity contribution in [3.8, 4) is 11.5 Å². The van der Waals surface area contributed by atoms with Crippen molar-refractivity contribution in [3.05, 3.63) is 59.2 Å². The molecule has 6 heteroatoms. The molecule has 0 aliphatic rings. The van der Waals surface area contributed by atoms with E-state index in [2.05, 4.69) is 5.32 Å². The number of nitrogens with one attached hydrogen (secondary N) is 1. The van der Waals surface area contributed by atoms with E-state index >= 15 is 0 Å². The third-order valence-corrected chi connectivity index (χ3v) is 3.39. The predicted octanol–water partition coefficient (Wildman–Crippen LogP) is 4.01. The number of hydrogen-bond donors (Lipinski definition) is 1. The lowest BCUT2D eigenvalue weighted by molar-refractivity contribution is -0.137. The lowest BCUT2D eigenvalue weighted by Crippen LogP contribution is -2.14. The third kappa shape index (κ3) is 4.63. The van der Waals surface area contributed by atoms with Crippen molar-refractivity contribution in [1.82, 2.24) is 5.32 Å². The Hall–Kier alpha value is -2.21. The van der Waals surface area contributed by atoms with Crippen LogP contribution in [0, 0.1) is 0 Å². The third-order valence-electron chi connectivity index (χ3n) is 3.39. The second-order valence-corrected chi connectivity index (χ2v) is 4.98. The zero-order chi connectivity index (χ0) is 16.9. The van der Waals surface area contributed by atoms with Gasteiger partial charge >= 0.3 is 6.18 Å². The van der Waals surface area contributed by atoms with E-state index in [-0.39, 0.29) is 0 Å². The molecule has 0 unspecified atom stereocenters. The largest absolute Gasteiger partial charge is 0.497 e. The molecule has 2 aromatic rings. The van der Waals surface area contributed by atoms with Crippen LogP contribution in [0.5, 0.6) is 11.5 Å². The van der Waals surface area contributed by atoms with Crippen molar-refractivity contribution < 1.29 is 22.6 Å². The van der Waals surface area contributed by atoms with Gasteiger partial charge in [-0.15, -0.1) is 0 Å². The summed E-state index contributed by atoms with van der Waals surface area (Å²) in [5.74, 6) is 1.39. The molecule has 3 nitrogen and oxygen atoms in total. The maximum absolute atomic E-state index is 12.7. The van der Waals surface area contributed by atoms with E-state index in [9.17, 15) is 13.2 Å². The summed E-state index contributed by atoms with van der Waals surface area (Å²) < 4.78 is 48.5. The Bertz CT molecular complexity index is 657. The van der Waals surface area contributed by atoms with Crippen molar-refractivity contribution in [1.29, 1.82) is 0 Å². The maximum atomic E-state index is 12.7. The first-order valence-corrected chi connectivity index (χ1v) is 7.02. The Morgan fingerprint density at radius 2 is 1.74 bits per heavy atom. The van der Waals surface area contributed by atoms with Crippen LogP contribution >= 0.6 is 0 Å². The molecule has 0 bridgehead atoms. The Morgan fingerprint density at radius 3 is 2.39 bits per heavy atom. The van der Waals surface area contributed by atoms with Crippen molar-refractivity contribution in [2.45, 2.75) is 19.3 Å². The predicted molar refractivity (Wildman–Crippen MR) is 81.5 cm³/mol. The highest BCUT2D eigenvalue weighted by Gasteiger charge is 2.30. The first-order valence-electron chi connectivity index (χ1n) is 7.02. The quantitative estimate of drug-likeness (QED) is 0.870. The van der Waals surface area contributed by atoms with Crippen LogP contribution in [0.2, 0.25) is 0 Å². The molecule has 0 amide bonds. The monoisotopic (exact) mass is 325 g/mol. The van der Waals surface area contributed by atoms with Gasteiger partial charge in [0.25, 0.3) is 0 Å². The molecule has 1 N–H and O–H groups in total. The number of rotatable bonds is 6.